The Labute approximate surface area is 191 Å². The minimum absolute atomic E-state index is 0.0946. The van der Waals surface area contributed by atoms with Crippen molar-refractivity contribution in [3.05, 3.63) is 46.6 Å². The molecular weight excluding hydrogens is 473 g/mol. The minimum atomic E-state index is -4.57. The van der Waals surface area contributed by atoms with Crippen molar-refractivity contribution in [2.75, 3.05) is 25.1 Å². The summed E-state index contributed by atoms with van der Waals surface area (Å²) in [5, 5.41) is 2.61. The van der Waals surface area contributed by atoms with Crippen LogP contribution in [0.1, 0.15) is 24.0 Å². The van der Waals surface area contributed by atoms with Crippen LogP contribution in [0.4, 0.5) is 27.8 Å². The number of amides is 1. The van der Waals surface area contributed by atoms with Gasteiger partial charge in [-0.2, -0.15) is 22.0 Å². The number of ether oxygens (including phenoxy) is 2. The minimum Gasteiger partial charge on any atom is -0.493 e. The number of carbonyl (C=O) groups excluding carboxylic acids is 1. The number of benzene rings is 1. The van der Waals surface area contributed by atoms with Crippen molar-refractivity contribution in [3.63, 3.8) is 0 Å². The predicted molar refractivity (Wildman–Crippen MR) is 111 cm³/mol. The summed E-state index contributed by atoms with van der Waals surface area (Å²) < 4.78 is 72.9. The van der Waals surface area contributed by atoms with Gasteiger partial charge in [0.25, 0.3) is 0 Å². The van der Waals surface area contributed by atoms with Gasteiger partial charge < -0.3 is 19.7 Å². The van der Waals surface area contributed by atoms with Crippen LogP contribution < -0.4 is 19.7 Å². The summed E-state index contributed by atoms with van der Waals surface area (Å²) in [5.41, 5.74) is -0.235. The van der Waals surface area contributed by atoms with E-state index in [1.807, 2.05) is 0 Å². The average molecular weight is 494 g/mol. The third-order valence-corrected chi connectivity index (χ3v) is 5.41. The number of alkyl halides is 5. The lowest BCUT2D eigenvalue weighted by molar-refractivity contribution is -0.137. The monoisotopic (exact) mass is 493 g/mol. The van der Waals surface area contributed by atoms with Crippen molar-refractivity contribution in [1.82, 2.24) is 10.3 Å². The van der Waals surface area contributed by atoms with Gasteiger partial charge in [0.05, 0.1) is 17.7 Å². The number of anilines is 1. The second-order valence-corrected chi connectivity index (χ2v) is 7.69. The molecule has 1 aromatic carbocycles. The normalized spacial score (nSPS) is 16.2. The Morgan fingerprint density at radius 1 is 1.30 bits per heavy atom. The van der Waals surface area contributed by atoms with Crippen molar-refractivity contribution >= 4 is 23.3 Å². The van der Waals surface area contributed by atoms with Crippen LogP contribution in [0.3, 0.4) is 0 Å². The molecule has 33 heavy (non-hydrogen) atoms. The molecule has 2 heterocycles. The molecule has 1 amide bonds. The van der Waals surface area contributed by atoms with Crippen LogP contribution in [-0.4, -0.2) is 43.7 Å². The standard InChI is InChI=1S/C21H21ClF5N3O3/c1-32-17-9-12(4-5-16(17)33-20(23)24)6-7-28-19(31)15-3-2-8-30(15)18-14(22)10-13(11-29-18)21(25,26)27/h4-5,9-11,15,20H,2-3,6-8H2,1H3,(H,28,31)/t15-/m1/s1. The molecule has 6 nitrogen and oxygen atoms in total. The third-order valence-electron chi connectivity index (χ3n) is 5.13. The quantitative estimate of drug-likeness (QED) is 0.541. The Bertz CT molecular complexity index is 990. The fourth-order valence-corrected chi connectivity index (χ4v) is 3.87. The molecule has 0 radical (unpaired) electrons. The van der Waals surface area contributed by atoms with Crippen LogP contribution in [0.2, 0.25) is 5.02 Å². The van der Waals surface area contributed by atoms with E-state index in [-0.39, 0.29) is 34.8 Å². The number of aromatic nitrogens is 1. The van der Waals surface area contributed by atoms with Gasteiger partial charge in [0, 0.05) is 19.3 Å². The number of carbonyl (C=O) groups is 1. The molecule has 0 unspecified atom stereocenters. The summed E-state index contributed by atoms with van der Waals surface area (Å²) >= 11 is 6.04. The third kappa shape index (κ3) is 6.16. The molecule has 1 aliphatic rings. The summed E-state index contributed by atoms with van der Waals surface area (Å²) in [6.07, 6.45) is -2.33. The highest BCUT2D eigenvalue weighted by molar-refractivity contribution is 6.33. The first kappa shape index (κ1) is 24.8. The first-order valence-electron chi connectivity index (χ1n) is 9.99. The fraction of sp³-hybridized carbons (Fsp3) is 0.429. The Morgan fingerprint density at radius 2 is 2.06 bits per heavy atom. The molecule has 0 spiro atoms. The SMILES string of the molecule is COc1cc(CCNC(=O)[C@H]2CCCN2c2ncc(C(F)(F)F)cc2Cl)ccc1OC(F)F. The predicted octanol–water partition coefficient (Wildman–Crippen LogP) is 4.69. The maximum absolute atomic E-state index is 12.9. The molecule has 3 rings (SSSR count). The highest BCUT2D eigenvalue weighted by atomic mass is 35.5. The van der Waals surface area contributed by atoms with E-state index in [1.165, 1.54) is 19.2 Å². The molecule has 1 saturated heterocycles. The first-order valence-corrected chi connectivity index (χ1v) is 10.4. The molecule has 0 saturated carbocycles. The molecule has 1 N–H and O–H groups in total. The van der Waals surface area contributed by atoms with Crippen LogP contribution in [0.5, 0.6) is 11.5 Å². The van der Waals surface area contributed by atoms with E-state index in [2.05, 4.69) is 15.0 Å². The van der Waals surface area contributed by atoms with Gasteiger partial charge in [-0.3, -0.25) is 4.79 Å². The van der Waals surface area contributed by atoms with E-state index in [0.717, 1.165) is 11.6 Å². The molecule has 1 aromatic heterocycles. The van der Waals surface area contributed by atoms with Crippen LogP contribution >= 0.6 is 11.6 Å². The first-order chi connectivity index (χ1) is 15.6. The van der Waals surface area contributed by atoms with Gasteiger partial charge in [-0.05, 0) is 43.0 Å². The van der Waals surface area contributed by atoms with Gasteiger partial charge in [-0.25, -0.2) is 4.98 Å². The van der Waals surface area contributed by atoms with Crippen LogP contribution in [0.25, 0.3) is 0 Å². The van der Waals surface area contributed by atoms with Crippen molar-refractivity contribution in [2.24, 2.45) is 0 Å². The lowest BCUT2D eigenvalue weighted by Gasteiger charge is -2.26. The number of methoxy groups -OCH3 is 1. The van der Waals surface area contributed by atoms with Crippen molar-refractivity contribution in [3.8, 4) is 11.5 Å². The molecule has 1 aliphatic heterocycles. The molecule has 0 bridgehead atoms. The Kier molecular flexibility index (Phi) is 7.83. The second kappa shape index (κ2) is 10.4. The van der Waals surface area contributed by atoms with Crippen molar-refractivity contribution < 1.29 is 36.2 Å². The molecular formula is C21H21ClF5N3O3. The summed E-state index contributed by atoms with van der Waals surface area (Å²) in [4.78, 5) is 18.2. The van der Waals surface area contributed by atoms with Crippen LogP contribution in [0, 0.1) is 0 Å². The number of nitrogens with zero attached hydrogens (tertiary/aromatic N) is 2. The van der Waals surface area contributed by atoms with Gasteiger partial charge in [-0.15, -0.1) is 0 Å². The number of halogens is 6. The molecule has 12 heteroatoms. The summed E-state index contributed by atoms with van der Waals surface area (Å²) in [6.45, 7) is -2.31. The zero-order chi connectivity index (χ0) is 24.2. The highest BCUT2D eigenvalue weighted by Crippen LogP contribution is 2.35. The fourth-order valence-electron chi connectivity index (χ4n) is 3.60. The largest absolute Gasteiger partial charge is 0.493 e. The number of hydrogen-bond acceptors (Lipinski definition) is 5. The zero-order valence-electron chi connectivity index (χ0n) is 17.5. The van der Waals surface area contributed by atoms with Crippen molar-refractivity contribution in [2.45, 2.75) is 38.1 Å². The maximum atomic E-state index is 12.9. The maximum Gasteiger partial charge on any atom is 0.417 e. The Morgan fingerprint density at radius 3 is 2.70 bits per heavy atom. The van der Waals surface area contributed by atoms with E-state index >= 15 is 0 Å². The van der Waals surface area contributed by atoms with Crippen molar-refractivity contribution in [1.29, 1.82) is 0 Å². The van der Waals surface area contributed by atoms with Crippen LogP contribution in [-0.2, 0) is 17.4 Å². The molecule has 1 fully saturated rings. The summed E-state index contributed by atoms with van der Waals surface area (Å²) in [5.74, 6) is -0.136. The highest BCUT2D eigenvalue weighted by Gasteiger charge is 2.35. The number of nitrogens with one attached hydrogen (secondary N) is 1. The average Bonchev–Trinajstić information content (AvgIpc) is 3.23. The molecule has 1 atom stereocenters. The van der Waals surface area contributed by atoms with E-state index in [9.17, 15) is 26.7 Å². The van der Waals surface area contributed by atoms with Gasteiger partial charge >= 0.3 is 12.8 Å². The topological polar surface area (TPSA) is 63.7 Å². The Balaban J connectivity index is 1.61. The molecule has 2 aromatic rings. The molecule has 0 aliphatic carbocycles. The number of rotatable bonds is 8. The summed E-state index contributed by atoms with van der Waals surface area (Å²) in [6, 6.07) is 4.66. The van der Waals surface area contributed by atoms with E-state index in [1.54, 1.807) is 11.0 Å². The Hall–Kier alpha value is -2.82. The zero-order valence-corrected chi connectivity index (χ0v) is 18.2. The second-order valence-electron chi connectivity index (χ2n) is 7.28. The smallest absolute Gasteiger partial charge is 0.417 e. The van der Waals surface area contributed by atoms with Crippen LogP contribution in [0.15, 0.2) is 30.5 Å². The van der Waals surface area contributed by atoms with Gasteiger partial charge in [0.15, 0.2) is 11.5 Å². The van der Waals surface area contributed by atoms with E-state index < -0.39 is 24.4 Å². The van der Waals surface area contributed by atoms with Gasteiger partial charge in [-0.1, -0.05) is 17.7 Å². The van der Waals surface area contributed by atoms with E-state index in [0.29, 0.717) is 32.0 Å². The lowest BCUT2D eigenvalue weighted by Crippen LogP contribution is -2.44. The van der Waals surface area contributed by atoms with Gasteiger partial charge in [0.2, 0.25) is 5.91 Å². The van der Waals surface area contributed by atoms with E-state index in [4.69, 9.17) is 16.3 Å². The van der Waals surface area contributed by atoms with Gasteiger partial charge in [0.1, 0.15) is 11.9 Å². The summed E-state index contributed by atoms with van der Waals surface area (Å²) in [7, 11) is 1.33. The number of hydrogen-bond donors (Lipinski definition) is 1. The lowest BCUT2D eigenvalue weighted by atomic mass is 10.1. The number of pyridine rings is 1. The molecule has 180 valence electrons.